The molecule has 24 heavy (non-hydrogen) atoms. The molecular formula is C17H17N3O2S2. The predicted octanol–water partition coefficient (Wildman–Crippen LogP) is 3.94. The molecular weight excluding hydrogens is 342 g/mol. The van der Waals surface area contributed by atoms with Crippen LogP contribution in [0.5, 0.6) is 0 Å². The third kappa shape index (κ3) is 3.66. The molecule has 124 valence electrons. The number of nitrogens with zero attached hydrogens (tertiary/aromatic N) is 2. The van der Waals surface area contributed by atoms with Crippen molar-refractivity contribution in [2.24, 2.45) is 5.16 Å². The van der Waals surface area contributed by atoms with E-state index in [1.165, 1.54) is 16.2 Å². The first-order chi connectivity index (χ1) is 11.7. The van der Waals surface area contributed by atoms with Gasteiger partial charge in [0.1, 0.15) is 11.1 Å². The van der Waals surface area contributed by atoms with Crippen LogP contribution < -0.4 is 5.32 Å². The van der Waals surface area contributed by atoms with Crippen molar-refractivity contribution in [3.8, 4) is 6.07 Å². The van der Waals surface area contributed by atoms with Crippen LogP contribution in [0.25, 0.3) is 0 Å². The first-order valence-corrected chi connectivity index (χ1v) is 9.43. The van der Waals surface area contributed by atoms with Crippen molar-refractivity contribution in [3.05, 3.63) is 38.4 Å². The number of hydrogen-bond donors (Lipinski definition) is 1. The molecule has 0 bridgehead atoms. The monoisotopic (exact) mass is 359 g/mol. The van der Waals surface area contributed by atoms with Gasteiger partial charge >= 0.3 is 0 Å². The maximum atomic E-state index is 12.1. The number of fused-ring (bicyclic) bond motifs is 1. The zero-order valence-corrected chi connectivity index (χ0v) is 14.9. The highest BCUT2D eigenvalue weighted by Gasteiger charge is 2.21. The molecule has 2 heterocycles. The third-order valence-electron chi connectivity index (χ3n) is 3.81. The zero-order chi connectivity index (χ0) is 16.9. The Morgan fingerprint density at radius 1 is 1.46 bits per heavy atom. The molecule has 1 amide bonds. The molecule has 0 aliphatic heterocycles. The molecule has 5 nitrogen and oxygen atoms in total. The van der Waals surface area contributed by atoms with Crippen LogP contribution in [-0.4, -0.2) is 18.2 Å². The Hall–Kier alpha value is -2.17. The smallest absolute Gasteiger partial charge is 0.265 e. The number of rotatable bonds is 5. The average Bonchev–Trinajstić information content (AvgIpc) is 3.22. The van der Waals surface area contributed by atoms with Crippen LogP contribution in [0, 0.1) is 11.3 Å². The largest absolute Gasteiger partial charge is 0.385 e. The van der Waals surface area contributed by atoms with Gasteiger partial charge in [0.2, 0.25) is 0 Å². The number of nitriles is 1. The second-order valence-corrected chi connectivity index (χ2v) is 7.56. The summed E-state index contributed by atoms with van der Waals surface area (Å²) >= 11 is 3.08. The number of carbonyl (C=O) groups excluding carboxylic acids is 1. The van der Waals surface area contributed by atoms with Crippen LogP contribution >= 0.6 is 22.7 Å². The van der Waals surface area contributed by atoms with Gasteiger partial charge in [-0.1, -0.05) is 11.2 Å². The summed E-state index contributed by atoms with van der Waals surface area (Å²) < 4.78 is 0. The first kappa shape index (κ1) is 16.7. The van der Waals surface area contributed by atoms with Gasteiger partial charge < -0.3 is 10.2 Å². The molecule has 7 heteroatoms. The highest BCUT2D eigenvalue weighted by Crippen LogP contribution is 2.37. The molecule has 2 aromatic rings. The lowest BCUT2D eigenvalue weighted by Crippen LogP contribution is -2.17. The van der Waals surface area contributed by atoms with Crippen molar-refractivity contribution < 1.29 is 9.63 Å². The Kier molecular flexibility index (Phi) is 5.28. The summed E-state index contributed by atoms with van der Waals surface area (Å²) in [4.78, 5) is 19.4. The molecule has 3 rings (SSSR count). The Balaban J connectivity index is 1.60. The van der Waals surface area contributed by atoms with E-state index in [1.54, 1.807) is 11.3 Å². The molecule has 1 N–H and O–H groups in total. The Labute approximate surface area is 148 Å². The molecule has 0 atom stereocenters. The van der Waals surface area contributed by atoms with E-state index in [4.69, 9.17) is 4.84 Å². The number of oxime groups is 1. The van der Waals surface area contributed by atoms with Gasteiger partial charge in [0.25, 0.3) is 5.91 Å². The van der Waals surface area contributed by atoms with Gasteiger partial charge in [-0.05, 0) is 49.6 Å². The fourth-order valence-corrected chi connectivity index (χ4v) is 4.58. The summed E-state index contributed by atoms with van der Waals surface area (Å²) in [6, 6.07) is 6.12. The van der Waals surface area contributed by atoms with Crippen molar-refractivity contribution in [1.29, 1.82) is 5.26 Å². The summed E-state index contributed by atoms with van der Waals surface area (Å²) in [5.41, 5.74) is 2.46. The van der Waals surface area contributed by atoms with E-state index in [1.807, 2.05) is 24.4 Å². The SMILES string of the molecule is C/C(=N/OCC(=O)Nc1sc2c(c1C#N)CCCC2)c1cccs1. The maximum absolute atomic E-state index is 12.1. The van der Waals surface area contributed by atoms with Crippen molar-refractivity contribution in [3.63, 3.8) is 0 Å². The average molecular weight is 359 g/mol. The van der Waals surface area contributed by atoms with Crippen LogP contribution in [0.3, 0.4) is 0 Å². The number of anilines is 1. The molecule has 0 fully saturated rings. The summed E-state index contributed by atoms with van der Waals surface area (Å²) in [7, 11) is 0. The van der Waals surface area contributed by atoms with Crippen LogP contribution in [-0.2, 0) is 22.5 Å². The van der Waals surface area contributed by atoms with E-state index < -0.39 is 0 Å². The molecule has 0 saturated heterocycles. The highest BCUT2D eigenvalue weighted by atomic mass is 32.1. The van der Waals surface area contributed by atoms with E-state index in [9.17, 15) is 10.1 Å². The van der Waals surface area contributed by atoms with Gasteiger partial charge in [0.15, 0.2) is 6.61 Å². The van der Waals surface area contributed by atoms with Gasteiger partial charge in [0.05, 0.1) is 16.2 Å². The van der Waals surface area contributed by atoms with Crippen molar-refractivity contribution in [2.45, 2.75) is 32.6 Å². The highest BCUT2D eigenvalue weighted by molar-refractivity contribution is 7.16. The van der Waals surface area contributed by atoms with Crippen molar-refractivity contribution in [2.75, 3.05) is 11.9 Å². The van der Waals surface area contributed by atoms with Gasteiger partial charge in [0, 0.05) is 4.88 Å². The van der Waals surface area contributed by atoms with Gasteiger partial charge in [-0.25, -0.2) is 0 Å². The predicted molar refractivity (Wildman–Crippen MR) is 96.8 cm³/mol. The van der Waals surface area contributed by atoms with E-state index >= 15 is 0 Å². The molecule has 0 radical (unpaired) electrons. The number of nitrogens with one attached hydrogen (secondary N) is 1. The molecule has 0 aromatic carbocycles. The maximum Gasteiger partial charge on any atom is 0.265 e. The summed E-state index contributed by atoms with van der Waals surface area (Å²) in [5.74, 6) is -0.298. The number of thiophene rings is 2. The summed E-state index contributed by atoms with van der Waals surface area (Å²) in [6.45, 7) is 1.67. The molecule has 2 aromatic heterocycles. The van der Waals surface area contributed by atoms with Crippen LogP contribution in [0.15, 0.2) is 22.7 Å². The van der Waals surface area contributed by atoms with E-state index in [0.29, 0.717) is 10.6 Å². The molecule has 1 aliphatic carbocycles. The van der Waals surface area contributed by atoms with E-state index in [2.05, 4.69) is 16.5 Å². The van der Waals surface area contributed by atoms with Crippen LogP contribution in [0.2, 0.25) is 0 Å². The van der Waals surface area contributed by atoms with Crippen LogP contribution in [0.1, 0.15) is 40.6 Å². The quantitative estimate of drug-likeness (QED) is 0.649. The lowest BCUT2D eigenvalue weighted by molar-refractivity contribution is -0.120. The number of amides is 1. The van der Waals surface area contributed by atoms with E-state index in [-0.39, 0.29) is 12.5 Å². The topological polar surface area (TPSA) is 74.5 Å². The lowest BCUT2D eigenvalue weighted by atomic mass is 9.96. The van der Waals surface area contributed by atoms with Gasteiger partial charge in [-0.15, -0.1) is 22.7 Å². The number of carbonyl (C=O) groups is 1. The Bertz CT molecular complexity index is 801. The lowest BCUT2D eigenvalue weighted by Gasteiger charge is -2.09. The summed E-state index contributed by atoms with van der Waals surface area (Å²) in [6.07, 6.45) is 4.16. The minimum absolute atomic E-state index is 0.170. The van der Waals surface area contributed by atoms with Gasteiger partial charge in [-0.2, -0.15) is 5.26 Å². The first-order valence-electron chi connectivity index (χ1n) is 7.74. The minimum Gasteiger partial charge on any atom is -0.385 e. The second kappa shape index (κ2) is 7.60. The Morgan fingerprint density at radius 2 is 2.29 bits per heavy atom. The van der Waals surface area contributed by atoms with E-state index in [0.717, 1.165) is 41.8 Å². The molecule has 0 saturated carbocycles. The molecule has 0 unspecified atom stereocenters. The summed E-state index contributed by atoms with van der Waals surface area (Å²) in [5, 5.41) is 18.7. The zero-order valence-electron chi connectivity index (χ0n) is 13.3. The number of hydrogen-bond acceptors (Lipinski definition) is 6. The fraction of sp³-hybridized carbons (Fsp3) is 0.353. The van der Waals surface area contributed by atoms with Gasteiger partial charge in [-0.3, -0.25) is 4.79 Å². The van der Waals surface area contributed by atoms with Crippen molar-refractivity contribution in [1.82, 2.24) is 0 Å². The molecule has 0 spiro atoms. The Morgan fingerprint density at radius 3 is 3.04 bits per heavy atom. The molecule has 1 aliphatic rings. The standard InChI is InChI=1S/C17H17N3O2S2/c1-11(14-7-4-8-23-14)20-22-10-16(21)19-17-13(9-18)12-5-2-3-6-15(12)24-17/h4,7-8H,2-3,5-6,10H2,1H3,(H,19,21)/b20-11-. The second-order valence-electron chi connectivity index (χ2n) is 5.50. The number of aryl methyl sites for hydroxylation is 1. The van der Waals surface area contributed by atoms with Crippen molar-refractivity contribution >= 4 is 39.3 Å². The normalized spacial score (nSPS) is 13.9. The minimum atomic E-state index is -0.298. The third-order valence-corrected chi connectivity index (χ3v) is 6.00. The fourth-order valence-electron chi connectivity index (χ4n) is 2.65. The van der Waals surface area contributed by atoms with Crippen LogP contribution in [0.4, 0.5) is 5.00 Å².